The van der Waals surface area contributed by atoms with Gasteiger partial charge in [-0.2, -0.15) is 0 Å². The van der Waals surface area contributed by atoms with Crippen LogP contribution in [0.15, 0.2) is 33.4 Å². The Morgan fingerprint density at radius 2 is 2.19 bits per heavy atom. The van der Waals surface area contributed by atoms with Crippen molar-refractivity contribution in [3.8, 4) is 0 Å². The second kappa shape index (κ2) is 6.23. The van der Waals surface area contributed by atoms with E-state index >= 15 is 0 Å². The van der Waals surface area contributed by atoms with Gasteiger partial charge in [-0.25, -0.2) is 4.98 Å². The highest BCUT2D eigenvalue weighted by molar-refractivity contribution is 8.00. The number of rotatable bonds is 5. The third-order valence-electron chi connectivity index (χ3n) is 2.73. The topological polar surface area (TPSA) is 83.6 Å². The van der Waals surface area contributed by atoms with Crippen LogP contribution in [0.3, 0.4) is 0 Å². The summed E-state index contributed by atoms with van der Waals surface area (Å²) >= 11 is 3.00. The largest absolute Gasteiger partial charge is 0.360 e. The Morgan fingerprint density at radius 3 is 3.05 bits per heavy atom. The predicted molar refractivity (Wildman–Crippen MR) is 86.0 cm³/mol. The van der Waals surface area contributed by atoms with Crippen molar-refractivity contribution in [3.63, 3.8) is 0 Å². The molecule has 6 nitrogen and oxygen atoms in total. The molecular formula is C13H13N5OS2. The Hall–Kier alpha value is -1.93. The molecule has 108 valence electrons. The summed E-state index contributed by atoms with van der Waals surface area (Å²) in [5, 5.41) is 12.6. The lowest BCUT2D eigenvalue weighted by molar-refractivity contribution is 0.995. The van der Waals surface area contributed by atoms with Gasteiger partial charge in [-0.3, -0.25) is 4.79 Å². The van der Waals surface area contributed by atoms with Crippen molar-refractivity contribution in [3.05, 3.63) is 40.4 Å². The van der Waals surface area contributed by atoms with Crippen LogP contribution in [0.5, 0.6) is 0 Å². The van der Waals surface area contributed by atoms with Crippen LogP contribution < -0.4 is 10.9 Å². The Balaban J connectivity index is 1.77. The van der Waals surface area contributed by atoms with Gasteiger partial charge in [-0.15, -0.1) is 10.2 Å². The summed E-state index contributed by atoms with van der Waals surface area (Å²) in [5.41, 5.74) is 0.601. The van der Waals surface area contributed by atoms with E-state index in [0.717, 1.165) is 16.0 Å². The van der Waals surface area contributed by atoms with Gasteiger partial charge in [-0.05, 0) is 19.1 Å². The fourth-order valence-electron chi connectivity index (χ4n) is 1.82. The van der Waals surface area contributed by atoms with Gasteiger partial charge < -0.3 is 10.3 Å². The van der Waals surface area contributed by atoms with Crippen LogP contribution in [0.4, 0.5) is 5.13 Å². The van der Waals surface area contributed by atoms with Crippen molar-refractivity contribution in [2.45, 2.75) is 17.0 Å². The first kappa shape index (κ1) is 14.0. The van der Waals surface area contributed by atoms with Gasteiger partial charge in [-0.1, -0.05) is 35.2 Å². The van der Waals surface area contributed by atoms with Crippen molar-refractivity contribution >= 4 is 39.1 Å². The summed E-state index contributed by atoms with van der Waals surface area (Å²) in [6.45, 7) is 2.83. The van der Waals surface area contributed by atoms with Crippen molar-refractivity contribution in [1.82, 2.24) is 20.2 Å². The molecule has 3 aromatic rings. The standard InChI is InChI=1S/C13H13N5OS2/c1-2-14-12-17-18-13(21-12)20-7-10-15-9-6-4-3-5-8(9)11(19)16-10/h3-6H,2,7H2,1H3,(H,14,17)(H,15,16,19). The SMILES string of the molecule is CCNc1nnc(SCc2nc3ccccc3c(=O)[nH]2)s1. The normalized spacial score (nSPS) is 10.9. The number of nitrogens with one attached hydrogen (secondary N) is 2. The van der Waals surface area contributed by atoms with E-state index in [2.05, 4.69) is 25.5 Å². The first-order valence-electron chi connectivity index (χ1n) is 6.44. The summed E-state index contributed by atoms with van der Waals surface area (Å²) in [5.74, 6) is 1.20. The highest BCUT2D eigenvalue weighted by Crippen LogP contribution is 2.27. The second-order valence-electron chi connectivity index (χ2n) is 4.22. The van der Waals surface area contributed by atoms with E-state index in [4.69, 9.17) is 0 Å². The van der Waals surface area contributed by atoms with E-state index in [1.165, 1.54) is 23.1 Å². The molecule has 0 saturated heterocycles. The zero-order valence-electron chi connectivity index (χ0n) is 11.3. The highest BCUT2D eigenvalue weighted by atomic mass is 32.2. The average Bonchev–Trinajstić information content (AvgIpc) is 2.93. The summed E-state index contributed by atoms with van der Waals surface area (Å²) in [6, 6.07) is 7.31. The van der Waals surface area contributed by atoms with Gasteiger partial charge in [0.25, 0.3) is 5.56 Å². The quantitative estimate of drug-likeness (QED) is 0.703. The summed E-state index contributed by atoms with van der Waals surface area (Å²) < 4.78 is 0.849. The molecule has 21 heavy (non-hydrogen) atoms. The minimum atomic E-state index is -0.109. The molecule has 0 spiro atoms. The van der Waals surface area contributed by atoms with E-state index in [1.807, 2.05) is 25.1 Å². The lowest BCUT2D eigenvalue weighted by Gasteiger charge is -2.01. The molecule has 0 bridgehead atoms. The number of anilines is 1. The Bertz CT molecular complexity index is 813. The monoisotopic (exact) mass is 319 g/mol. The molecule has 0 unspecified atom stereocenters. The third kappa shape index (κ3) is 3.22. The lowest BCUT2D eigenvalue weighted by atomic mass is 10.2. The maximum absolute atomic E-state index is 12.0. The fourth-order valence-corrected chi connectivity index (χ4v) is 3.51. The molecule has 1 aromatic carbocycles. The molecular weight excluding hydrogens is 306 g/mol. The molecule has 0 radical (unpaired) electrons. The number of para-hydroxylation sites is 1. The number of hydrogen-bond donors (Lipinski definition) is 2. The number of aromatic amines is 1. The van der Waals surface area contributed by atoms with Gasteiger partial charge in [0.05, 0.1) is 16.7 Å². The van der Waals surface area contributed by atoms with Crippen LogP contribution >= 0.6 is 23.1 Å². The molecule has 2 heterocycles. The van der Waals surface area contributed by atoms with Gasteiger partial charge in [0.2, 0.25) is 5.13 Å². The number of fused-ring (bicyclic) bond motifs is 1. The summed E-state index contributed by atoms with van der Waals surface area (Å²) in [7, 11) is 0. The van der Waals surface area contributed by atoms with E-state index in [1.54, 1.807) is 6.07 Å². The van der Waals surface area contributed by atoms with Gasteiger partial charge in [0.15, 0.2) is 4.34 Å². The fraction of sp³-hybridized carbons (Fsp3) is 0.231. The van der Waals surface area contributed by atoms with Crippen LogP contribution in [0.25, 0.3) is 10.9 Å². The molecule has 2 N–H and O–H groups in total. The second-order valence-corrected chi connectivity index (χ2v) is 6.42. The van der Waals surface area contributed by atoms with Crippen LogP contribution in [0.2, 0.25) is 0 Å². The van der Waals surface area contributed by atoms with E-state index in [-0.39, 0.29) is 5.56 Å². The number of benzene rings is 1. The predicted octanol–water partition coefficient (Wildman–Crippen LogP) is 2.50. The van der Waals surface area contributed by atoms with Crippen molar-refractivity contribution in [1.29, 1.82) is 0 Å². The Kier molecular flexibility index (Phi) is 4.16. The first-order valence-corrected chi connectivity index (χ1v) is 8.24. The Morgan fingerprint density at radius 1 is 1.33 bits per heavy atom. The molecule has 3 rings (SSSR count). The number of nitrogens with zero attached hydrogens (tertiary/aromatic N) is 3. The van der Waals surface area contributed by atoms with Crippen LogP contribution in [-0.2, 0) is 5.75 Å². The number of thioether (sulfide) groups is 1. The zero-order valence-corrected chi connectivity index (χ0v) is 12.9. The molecule has 0 saturated carbocycles. The van der Waals surface area contributed by atoms with Gasteiger partial charge in [0, 0.05) is 6.54 Å². The Labute approximate surface area is 129 Å². The zero-order chi connectivity index (χ0) is 14.7. The lowest BCUT2D eigenvalue weighted by Crippen LogP contribution is -2.11. The maximum atomic E-state index is 12.0. The molecule has 8 heteroatoms. The molecule has 0 aliphatic heterocycles. The van der Waals surface area contributed by atoms with Gasteiger partial charge in [0.1, 0.15) is 5.82 Å². The molecule has 0 aliphatic carbocycles. The average molecular weight is 319 g/mol. The van der Waals surface area contributed by atoms with Crippen LogP contribution in [0, 0.1) is 0 Å². The van der Waals surface area contributed by atoms with Crippen LogP contribution in [-0.4, -0.2) is 26.7 Å². The first-order chi connectivity index (χ1) is 10.3. The number of hydrogen-bond acceptors (Lipinski definition) is 7. The number of aromatic nitrogens is 4. The highest BCUT2D eigenvalue weighted by Gasteiger charge is 2.07. The van der Waals surface area contributed by atoms with Crippen LogP contribution in [0.1, 0.15) is 12.7 Å². The number of H-pyrrole nitrogens is 1. The van der Waals surface area contributed by atoms with Crippen molar-refractivity contribution in [2.75, 3.05) is 11.9 Å². The smallest absolute Gasteiger partial charge is 0.258 e. The summed E-state index contributed by atoms with van der Waals surface area (Å²) in [6.07, 6.45) is 0. The molecule has 0 amide bonds. The van der Waals surface area contributed by atoms with Crippen molar-refractivity contribution in [2.24, 2.45) is 0 Å². The van der Waals surface area contributed by atoms with E-state index in [9.17, 15) is 4.79 Å². The molecule has 0 atom stereocenters. The molecule has 0 fully saturated rings. The van der Waals surface area contributed by atoms with E-state index in [0.29, 0.717) is 22.5 Å². The third-order valence-corrected chi connectivity index (χ3v) is 4.75. The van der Waals surface area contributed by atoms with Gasteiger partial charge >= 0.3 is 0 Å². The van der Waals surface area contributed by atoms with E-state index < -0.39 is 0 Å². The molecule has 2 aromatic heterocycles. The molecule has 0 aliphatic rings. The minimum Gasteiger partial charge on any atom is -0.360 e. The maximum Gasteiger partial charge on any atom is 0.258 e. The minimum absolute atomic E-state index is 0.109. The van der Waals surface area contributed by atoms with Crippen molar-refractivity contribution < 1.29 is 0 Å². The summed E-state index contributed by atoms with van der Waals surface area (Å²) in [4.78, 5) is 19.2.